The molecule has 36 heavy (non-hydrogen) atoms. The van der Waals surface area contributed by atoms with Crippen LogP contribution in [-0.2, 0) is 27.2 Å². The Morgan fingerprint density at radius 3 is 2.53 bits per heavy atom. The van der Waals surface area contributed by atoms with Gasteiger partial charge in [0.05, 0.1) is 6.33 Å². The zero-order chi connectivity index (χ0) is 25.9. The fourth-order valence-electron chi connectivity index (χ4n) is 3.63. The van der Waals surface area contributed by atoms with E-state index < -0.39 is 21.1 Å². The average Bonchev–Trinajstić information content (AvgIpc) is 3.25. The minimum atomic E-state index is -5.06. The number of fused-ring (bicyclic) bond motifs is 1. The number of imidazole rings is 1. The Bertz CT molecular complexity index is 1440. The summed E-state index contributed by atoms with van der Waals surface area (Å²) in [4.78, 5) is 32.4. The zero-order valence-electron chi connectivity index (χ0n) is 19.2. The van der Waals surface area contributed by atoms with Gasteiger partial charge >= 0.3 is 7.60 Å². The number of aromatic nitrogens is 4. The van der Waals surface area contributed by atoms with Gasteiger partial charge in [-0.15, -0.1) is 0 Å². The molecule has 0 fully saturated rings. The molecule has 0 amide bonds. The van der Waals surface area contributed by atoms with Crippen LogP contribution < -0.4 is 10.6 Å². The third kappa shape index (κ3) is 5.28. The number of phenols is 1. The maximum absolute atomic E-state index is 11.7. The van der Waals surface area contributed by atoms with Crippen LogP contribution in [0.1, 0.15) is 18.1 Å². The van der Waals surface area contributed by atoms with Crippen LogP contribution in [0, 0.1) is 0 Å². The Hall–Kier alpha value is -3.27. The van der Waals surface area contributed by atoms with Gasteiger partial charge in [-0.1, -0.05) is 24.3 Å². The van der Waals surface area contributed by atoms with Crippen molar-refractivity contribution in [2.45, 2.75) is 25.0 Å². The molecular formula is C22H26N6O6P2. The summed E-state index contributed by atoms with van der Waals surface area (Å²) >= 11 is 0. The van der Waals surface area contributed by atoms with Gasteiger partial charge in [0.2, 0.25) is 11.0 Å². The van der Waals surface area contributed by atoms with E-state index in [2.05, 4.69) is 25.6 Å². The summed E-state index contributed by atoms with van der Waals surface area (Å²) in [6.45, 7) is 3.07. The van der Waals surface area contributed by atoms with Crippen LogP contribution in [0.4, 0.5) is 17.5 Å². The fourth-order valence-corrected chi connectivity index (χ4v) is 5.00. The van der Waals surface area contributed by atoms with E-state index in [9.17, 15) is 29.1 Å². The maximum Gasteiger partial charge on any atom is 0.368 e. The van der Waals surface area contributed by atoms with E-state index in [0.29, 0.717) is 48.1 Å². The van der Waals surface area contributed by atoms with Gasteiger partial charge in [0.15, 0.2) is 17.0 Å². The molecular weight excluding hydrogens is 506 g/mol. The normalized spacial score (nSPS) is 13.8. The summed E-state index contributed by atoms with van der Waals surface area (Å²) in [5, 5.41) is 23.5. The summed E-state index contributed by atoms with van der Waals surface area (Å²) in [6.07, 6.45) is 2.30. The van der Waals surface area contributed by atoms with Gasteiger partial charge in [0.1, 0.15) is 14.2 Å². The number of rotatable bonds is 10. The number of hydrogen-bond donors (Lipinski definition) is 6. The number of benzene rings is 2. The highest BCUT2D eigenvalue weighted by Gasteiger charge is 2.46. The molecule has 0 radical (unpaired) electrons. The summed E-state index contributed by atoms with van der Waals surface area (Å²) in [5.41, 5.74) is 2.41. The highest BCUT2D eigenvalue weighted by Crippen LogP contribution is 2.61. The zero-order valence-corrected chi connectivity index (χ0v) is 21.3. The lowest BCUT2D eigenvalue weighted by Crippen LogP contribution is -2.18. The predicted octanol–water partition coefficient (Wildman–Crippen LogP) is 2.99. The van der Waals surface area contributed by atoms with E-state index in [1.807, 2.05) is 17.6 Å². The van der Waals surface area contributed by atoms with E-state index in [-0.39, 0.29) is 11.3 Å². The number of nitrogens with zero attached hydrogens (tertiary/aromatic N) is 4. The van der Waals surface area contributed by atoms with E-state index in [4.69, 9.17) is 0 Å². The fraction of sp³-hybridized carbons (Fsp3) is 0.227. The molecule has 2 unspecified atom stereocenters. The lowest BCUT2D eigenvalue weighted by molar-refractivity contribution is 0.168. The van der Waals surface area contributed by atoms with Crippen LogP contribution in [0.2, 0.25) is 0 Å². The van der Waals surface area contributed by atoms with Crippen molar-refractivity contribution in [3.05, 3.63) is 66.0 Å². The van der Waals surface area contributed by atoms with Gasteiger partial charge in [-0.05, 0) is 43.2 Å². The minimum absolute atomic E-state index is 0.149. The number of aliphatic hydroxyl groups is 1. The van der Waals surface area contributed by atoms with Gasteiger partial charge < -0.3 is 39.8 Å². The minimum Gasteiger partial charge on any atom is -0.508 e. The average molecular weight is 532 g/mol. The number of nitrogens with one attached hydrogen (secondary N) is 2. The second kappa shape index (κ2) is 10.4. The number of phenolic OH excluding ortho intramolecular Hbond substituents is 1. The molecule has 6 N–H and O–H groups in total. The number of anilines is 3. The van der Waals surface area contributed by atoms with E-state index >= 15 is 0 Å². The maximum atomic E-state index is 11.7. The molecule has 2 atom stereocenters. The smallest absolute Gasteiger partial charge is 0.368 e. The quantitative estimate of drug-likeness (QED) is 0.165. The molecule has 0 aliphatic heterocycles. The predicted molar refractivity (Wildman–Crippen MR) is 137 cm³/mol. The van der Waals surface area contributed by atoms with E-state index in [1.165, 1.54) is 24.3 Å². The summed E-state index contributed by atoms with van der Waals surface area (Å²) in [7, 11) is -7.26. The molecule has 2 heterocycles. The molecule has 2 aromatic carbocycles. The van der Waals surface area contributed by atoms with Crippen molar-refractivity contribution in [2.75, 3.05) is 17.2 Å². The first-order valence-corrected chi connectivity index (χ1v) is 13.7. The first kappa shape index (κ1) is 25.8. The highest BCUT2D eigenvalue weighted by atomic mass is 31.2. The second-order valence-electron chi connectivity index (χ2n) is 8.05. The topological polar surface area (TPSA) is 183 Å². The Labute approximate surface area is 207 Å². The lowest BCUT2D eigenvalue weighted by Gasteiger charge is -2.23. The Balaban J connectivity index is 1.64. The Morgan fingerprint density at radius 1 is 1.14 bits per heavy atom. The molecule has 0 bridgehead atoms. The van der Waals surface area contributed by atoms with Crippen LogP contribution in [-0.4, -0.2) is 46.1 Å². The van der Waals surface area contributed by atoms with Crippen LogP contribution in [0.3, 0.4) is 0 Å². The molecule has 2 aromatic heterocycles. The van der Waals surface area contributed by atoms with Crippen molar-refractivity contribution in [2.24, 2.45) is 0 Å². The monoisotopic (exact) mass is 532 g/mol. The standard InChI is InChI=1S/C22H26N6O6P2/c1-2-23-21-26-19(25-16-8-6-15(7-9-16)22(30,35-31)36(32,33)34)18-20(27-21)28(13-24-18)11-10-14-4-3-5-17(29)12-14/h3-9,12-13,29-30H,2,10-11,35H2,1H3,(H2,32,33,34)(H2,23,25,26,27). The number of aryl methyl sites for hydroxylation is 2. The van der Waals surface area contributed by atoms with Crippen LogP contribution in [0.25, 0.3) is 11.2 Å². The van der Waals surface area contributed by atoms with Crippen molar-refractivity contribution >= 4 is 44.7 Å². The molecule has 0 aliphatic rings. The molecule has 0 spiro atoms. The highest BCUT2D eigenvalue weighted by molar-refractivity contribution is 7.62. The van der Waals surface area contributed by atoms with Crippen molar-refractivity contribution < 1.29 is 29.1 Å². The second-order valence-corrected chi connectivity index (χ2v) is 11.4. The molecule has 0 saturated carbocycles. The molecule has 4 rings (SSSR count). The van der Waals surface area contributed by atoms with Gasteiger partial charge in [0.25, 0.3) is 0 Å². The number of hydrogen-bond acceptors (Lipinski definition) is 9. The number of aromatic hydroxyl groups is 1. The lowest BCUT2D eigenvalue weighted by atomic mass is 10.1. The molecule has 14 heteroatoms. The summed E-state index contributed by atoms with van der Waals surface area (Å²) in [6, 6.07) is 12.6. The Kier molecular flexibility index (Phi) is 7.44. The molecule has 4 aromatic rings. The van der Waals surface area contributed by atoms with Gasteiger partial charge in [-0.25, -0.2) is 4.98 Å². The third-order valence-electron chi connectivity index (χ3n) is 5.53. The largest absolute Gasteiger partial charge is 0.508 e. The molecule has 12 nitrogen and oxygen atoms in total. The van der Waals surface area contributed by atoms with Crippen molar-refractivity contribution in [3.63, 3.8) is 0 Å². The molecule has 0 saturated heterocycles. The first-order valence-electron chi connectivity index (χ1n) is 11.0. The van der Waals surface area contributed by atoms with Crippen LogP contribution >= 0.6 is 16.1 Å². The third-order valence-corrected chi connectivity index (χ3v) is 8.67. The van der Waals surface area contributed by atoms with Gasteiger partial charge in [-0.3, -0.25) is 4.57 Å². The first-order chi connectivity index (χ1) is 17.1. The van der Waals surface area contributed by atoms with E-state index in [0.717, 1.165) is 5.56 Å². The van der Waals surface area contributed by atoms with Crippen LogP contribution in [0.5, 0.6) is 5.75 Å². The van der Waals surface area contributed by atoms with Gasteiger partial charge in [-0.2, -0.15) is 9.97 Å². The van der Waals surface area contributed by atoms with Gasteiger partial charge in [0, 0.05) is 24.3 Å². The Morgan fingerprint density at radius 2 is 1.89 bits per heavy atom. The molecule has 0 aliphatic carbocycles. The molecule has 190 valence electrons. The summed E-state index contributed by atoms with van der Waals surface area (Å²) < 4.78 is 25.0. The SMILES string of the molecule is CCNc1nc(Nc2ccc(C(O)([PH2]=O)P(=O)(O)O)cc2)c2ncn(CCc3cccc(O)c3)c2n1. The summed E-state index contributed by atoms with van der Waals surface area (Å²) in [5.74, 6) is 0.988. The van der Waals surface area contributed by atoms with Crippen molar-refractivity contribution in [1.29, 1.82) is 0 Å². The van der Waals surface area contributed by atoms with Crippen LogP contribution in [0.15, 0.2) is 54.9 Å². The van der Waals surface area contributed by atoms with Crippen molar-refractivity contribution in [3.8, 4) is 5.75 Å². The van der Waals surface area contributed by atoms with E-state index in [1.54, 1.807) is 24.5 Å². The van der Waals surface area contributed by atoms with Crippen molar-refractivity contribution in [1.82, 2.24) is 19.5 Å².